The summed E-state index contributed by atoms with van der Waals surface area (Å²) in [6, 6.07) is 1.99. The van der Waals surface area contributed by atoms with Crippen LogP contribution in [0.5, 0.6) is 0 Å². The first kappa shape index (κ1) is 15.6. The topological polar surface area (TPSA) is 63.0 Å². The molecule has 0 bridgehead atoms. The summed E-state index contributed by atoms with van der Waals surface area (Å²) in [6.07, 6.45) is 6.88. The molecule has 3 fully saturated rings. The molecular formula is C16H24N2O4S. The molecule has 0 aromatic carbocycles. The molecule has 1 saturated carbocycles. The molecule has 2 aliphatic heterocycles. The molecular weight excluding hydrogens is 316 g/mol. The van der Waals surface area contributed by atoms with E-state index < -0.39 is 10.0 Å². The molecule has 2 atom stereocenters. The molecule has 4 rings (SSSR count). The Bertz CT molecular complexity index is 627. The number of fused-ring (bicyclic) bond motifs is 1. The minimum Gasteiger partial charge on any atom is -0.472 e. The van der Waals surface area contributed by atoms with Crippen LogP contribution < -0.4 is 0 Å². The first-order valence-corrected chi connectivity index (χ1v) is 10.0. The monoisotopic (exact) mass is 340 g/mol. The van der Waals surface area contributed by atoms with Gasteiger partial charge in [0.15, 0.2) is 0 Å². The van der Waals surface area contributed by atoms with E-state index in [1.54, 1.807) is 16.8 Å². The van der Waals surface area contributed by atoms with Crippen LogP contribution in [0.2, 0.25) is 0 Å². The SMILES string of the molecule is O=S(=O)(C1CC1)N1CCOC2CCN(Cc3ccoc3)CCC21. The lowest BCUT2D eigenvalue weighted by Gasteiger charge is -2.39. The van der Waals surface area contributed by atoms with Crippen molar-refractivity contribution in [3.8, 4) is 0 Å². The summed E-state index contributed by atoms with van der Waals surface area (Å²) in [5.41, 5.74) is 1.17. The van der Waals surface area contributed by atoms with Crippen molar-refractivity contribution in [1.82, 2.24) is 9.21 Å². The third kappa shape index (κ3) is 3.20. The number of hydrogen-bond acceptors (Lipinski definition) is 5. The van der Waals surface area contributed by atoms with Crippen LogP contribution in [0.4, 0.5) is 0 Å². The van der Waals surface area contributed by atoms with E-state index in [0.717, 1.165) is 45.3 Å². The Balaban J connectivity index is 1.46. The van der Waals surface area contributed by atoms with E-state index in [-0.39, 0.29) is 17.4 Å². The van der Waals surface area contributed by atoms with Gasteiger partial charge >= 0.3 is 0 Å². The lowest BCUT2D eigenvalue weighted by atomic mass is 10.0. The highest BCUT2D eigenvalue weighted by molar-refractivity contribution is 7.90. The molecule has 1 aliphatic carbocycles. The number of morpholine rings is 1. The lowest BCUT2D eigenvalue weighted by Crippen LogP contribution is -2.54. The number of ether oxygens (including phenoxy) is 1. The van der Waals surface area contributed by atoms with Gasteiger partial charge in [-0.25, -0.2) is 8.42 Å². The Morgan fingerprint density at radius 1 is 1.13 bits per heavy atom. The third-order valence-corrected chi connectivity index (χ3v) is 7.59. The Morgan fingerprint density at radius 2 is 1.96 bits per heavy atom. The summed E-state index contributed by atoms with van der Waals surface area (Å²) in [4.78, 5) is 2.37. The molecule has 23 heavy (non-hydrogen) atoms. The van der Waals surface area contributed by atoms with Gasteiger partial charge in [-0.15, -0.1) is 0 Å². The fourth-order valence-electron chi connectivity index (χ4n) is 3.77. The molecule has 1 aromatic rings. The predicted molar refractivity (Wildman–Crippen MR) is 85.4 cm³/mol. The third-order valence-electron chi connectivity index (χ3n) is 5.17. The summed E-state index contributed by atoms with van der Waals surface area (Å²) in [5, 5.41) is -0.133. The number of nitrogens with zero attached hydrogens (tertiary/aromatic N) is 2. The molecule has 128 valence electrons. The van der Waals surface area contributed by atoms with Crippen LogP contribution in [0.25, 0.3) is 0 Å². The van der Waals surface area contributed by atoms with Gasteiger partial charge in [-0.05, 0) is 31.7 Å². The Kier molecular flexibility index (Phi) is 4.21. The number of hydrogen-bond donors (Lipinski definition) is 0. The van der Waals surface area contributed by atoms with Gasteiger partial charge in [-0.3, -0.25) is 4.90 Å². The zero-order valence-electron chi connectivity index (χ0n) is 13.3. The van der Waals surface area contributed by atoms with Crippen molar-refractivity contribution in [3.63, 3.8) is 0 Å². The van der Waals surface area contributed by atoms with Crippen LogP contribution >= 0.6 is 0 Å². The Morgan fingerprint density at radius 3 is 2.70 bits per heavy atom. The fourth-order valence-corrected chi connectivity index (χ4v) is 5.83. The molecule has 0 amide bonds. The molecule has 6 nitrogen and oxygen atoms in total. The molecule has 3 aliphatic rings. The average Bonchev–Trinajstić information content (AvgIpc) is 3.32. The smallest absolute Gasteiger partial charge is 0.217 e. The minimum atomic E-state index is -3.12. The summed E-state index contributed by atoms with van der Waals surface area (Å²) in [7, 11) is -3.12. The molecule has 0 N–H and O–H groups in total. The standard InChI is InChI=1S/C16H24N2O4S/c19-23(20,14-1-2-14)18-8-10-22-16-4-7-17(6-3-15(16)18)11-13-5-9-21-12-13/h5,9,12,14-16H,1-4,6-8,10-11H2. The second-order valence-corrected chi connectivity index (χ2v) is 8.98. The number of furan rings is 1. The van der Waals surface area contributed by atoms with Crippen molar-refractivity contribution in [2.45, 2.75) is 49.6 Å². The molecule has 3 heterocycles. The highest BCUT2D eigenvalue weighted by Gasteiger charge is 2.46. The molecule has 0 radical (unpaired) electrons. The normalized spacial score (nSPS) is 30.8. The van der Waals surface area contributed by atoms with Crippen molar-refractivity contribution in [2.75, 3.05) is 26.2 Å². The molecule has 2 saturated heterocycles. The van der Waals surface area contributed by atoms with E-state index in [1.807, 2.05) is 6.07 Å². The van der Waals surface area contributed by atoms with Gasteiger partial charge in [0.2, 0.25) is 10.0 Å². The second kappa shape index (κ2) is 6.20. The molecule has 0 spiro atoms. The average molecular weight is 340 g/mol. The van der Waals surface area contributed by atoms with Gasteiger partial charge in [0, 0.05) is 31.7 Å². The van der Waals surface area contributed by atoms with Gasteiger partial charge in [0.25, 0.3) is 0 Å². The maximum atomic E-state index is 12.7. The van der Waals surface area contributed by atoms with Crippen LogP contribution in [0.1, 0.15) is 31.2 Å². The van der Waals surface area contributed by atoms with E-state index >= 15 is 0 Å². The molecule has 1 aromatic heterocycles. The highest BCUT2D eigenvalue weighted by Crippen LogP contribution is 2.35. The predicted octanol–water partition coefficient (Wildman–Crippen LogP) is 1.44. The van der Waals surface area contributed by atoms with Crippen molar-refractivity contribution in [1.29, 1.82) is 0 Å². The lowest BCUT2D eigenvalue weighted by molar-refractivity contribution is -0.0409. The largest absolute Gasteiger partial charge is 0.472 e. The first-order valence-electron chi connectivity index (χ1n) is 8.50. The zero-order chi connectivity index (χ0) is 15.9. The van der Waals surface area contributed by atoms with Crippen LogP contribution in [0.15, 0.2) is 23.0 Å². The van der Waals surface area contributed by atoms with Crippen molar-refractivity contribution in [3.05, 3.63) is 24.2 Å². The maximum Gasteiger partial charge on any atom is 0.217 e. The maximum absolute atomic E-state index is 12.7. The van der Waals surface area contributed by atoms with Gasteiger partial charge < -0.3 is 9.15 Å². The van der Waals surface area contributed by atoms with Crippen LogP contribution in [-0.4, -0.2) is 61.3 Å². The van der Waals surface area contributed by atoms with Crippen LogP contribution in [-0.2, 0) is 21.3 Å². The quantitative estimate of drug-likeness (QED) is 0.830. The molecule has 2 unspecified atom stereocenters. The van der Waals surface area contributed by atoms with Gasteiger partial charge in [-0.2, -0.15) is 4.31 Å². The van der Waals surface area contributed by atoms with Crippen LogP contribution in [0, 0.1) is 0 Å². The Hall–Kier alpha value is -0.890. The zero-order valence-corrected chi connectivity index (χ0v) is 14.1. The number of rotatable bonds is 4. The summed E-state index contributed by atoms with van der Waals surface area (Å²) in [5.74, 6) is 0. The van der Waals surface area contributed by atoms with E-state index in [1.165, 1.54) is 5.56 Å². The van der Waals surface area contributed by atoms with E-state index in [2.05, 4.69) is 4.90 Å². The van der Waals surface area contributed by atoms with Crippen molar-refractivity contribution >= 4 is 10.0 Å². The summed E-state index contributed by atoms with van der Waals surface area (Å²) < 4.78 is 38.2. The summed E-state index contributed by atoms with van der Waals surface area (Å²) in [6.45, 7) is 3.72. The second-order valence-electron chi connectivity index (χ2n) is 6.82. The van der Waals surface area contributed by atoms with E-state index in [4.69, 9.17) is 9.15 Å². The van der Waals surface area contributed by atoms with Gasteiger partial charge in [0.05, 0.1) is 36.5 Å². The number of likely N-dealkylation sites (tertiary alicyclic amines) is 1. The van der Waals surface area contributed by atoms with E-state index in [9.17, 15) is 8.42 Å². The minimum absolute atomic E-state index is 0.00343. The summed E-state index contributed by atoms with van der Waals surface area (Å²) >= 11 is 0. The fraction of sp³-hybridized carbons (Fsp3) is 0.750. The number of sulfonamides is 1. The highest BCUT2D eigenvalue weighted by atomic mass is 32.2. The van der Waals surface area contributed by atoms with Gasteiger partial charge in [-0.1, -0.05) is 0 Å². The van der Waals surface area contributed by atoms with E-state index in [0.29, 0.717) is 13.2 Å². The van der Waals surface area contributed by atoms with Gasteiger partial charge in [0.1, 0.15) is 0 Å². The van der Waals surface area contributed by atoms with Crippen molar-refractivity contribution in [2.24, 2.45) is 0 Å². The first-order chi connectivity index (χ1) is 11.1. The molecule has 7 heteroatoms. The Labute approximate surface area is 137 Å². The van der Waals surface area contributed by atoms with Crippen molar-refractivity contribution < 1.29 is 17.6 Å². The van der Waals surface area contributed by atoms with Crippen LogP contribution in [0.3, 0.4) is 0 Å².